The Labute approximate surface area is 233 Å². The molecule has 0 spiro atoms. The van der Waals surface area contributed by atoms with E-state index in [1.165, 1.54) is 55.6 Å². The van der Waals surface area contributed by atoms with Crippen molar-refractivity contribution < 1.29 is 4.57 Å². The number of pyridine rings is 1. The van der Waals surface area contributed by atoms with Gasteiger partial charge in [-0.05, 0) is 93.0 Å². The molecule has 1 aliphatic carbocycles. The van der Waals surface area contributed by atoms with Crippen molar-refractivity contribution in [1.29, 1.82) is 0 Å². The van der Waals surface area contributed by atoms with Gasteiger partial charge in [0.15, 0.2) is 6.20 Å². The normalized spacial score (nSPS) is 19.8. The van der Waals surface area contributed by atoms with Gasteiger partial charge in [0.2, 0.25) is 5.52 Å². The molecule has 0 saturated heterocycles. The van der Waals surface area contributed by atoms with E-state index in [-0.39, 0.29) is 0 Å². The molecule has 38 heavy (non-hydrogen) atoms. The molecule has 2 aromatic carbocycles. The molecule has 0 fully saturated rings. The number of nitrogens with zero attached hydrogens (tertiary/aromatic N) is 2. The van der Waals surface area contributed by atoms with Crippen LogP contribution in [0.15, 0.2) is 95.3 Å². The highest BCUT2D eigenvalue weighted by molar-refractivity contribution is 6.32. The predicted molar refractivity (Wildman–Crippen MR) is 164 cm³/mol. The fourth-order valence-corrected chi connectivity index (χ4v) is 5.94. The van der Waals surface area contributed by atoms with Crippen LogP contribution in [0.3, 0.4) is 0 Å². The molecule has 1 unspecified atom stereocenters. The van der Waals surface area contributed by atoms with Gasteiger partial charge in [-0.1, -0.05) is 66.1 Å². The van der Waals surface area contributed by atoms with Crippen molar-refractivity contribution in [3.05, 3.63) is 118 Å². The van der Waals surface area contributed by atoms with Gasteiger partial charge in [-0.15, -0.1) is 0 Å². The molecule has 3 heteroatoms. The average molecular weight is 522 g/mol. The maximum absolute atomic E-state index is 7.06. The van der Waals surface area contributed by atoms with E-state index in [9.17, 15) is 0 Å². The molecular formula is C35H38ClN2+. The van der Waals surface area contributed by atoms with Crippen molar-refractivity contribution in [2.24, 2.45) is 5.92 Å². The maximum atomic E-state index is 7.06. The second-order valence-corrected chi connectivity index (χ2v) is 11.1. The maximum Gasteiger partial charge on any atom is 0.213 e. The minimum atomic E-state index is 0.547. The van der Waals surface area contributed by atoms with E-state index in [1.54, 1.807) is 0 Å². The second kappa shape index (κ2) is 11.2. The number of allylic oxidation sites excluding steroid dienone is 8. The average Bonchev–Trinajstić information content (AvgIpc) is 2.91. The molecule has 2 aliphatic rings. The highest BCUT2D eigenvalue weighted by Crippen LogP contribution is 2.38. The van der Waals surface area contributed by atoms with Crippen LogP contribution < -0.4 is 9.47 Å². The lowest BCUT2D eigenvalue weighted by Crippen LogP contribution is -2.32. The number of anilines is 1. The molecule has 0 bridgehead atoms. The predicted octanol–water partition coefficient (Wildman–Crippen LogP) is 9.06. The number of hydrogen-bond acceptors (Lipinski definition) is 1. The van der Waals surface area contributed by atoms with Crippen molar-refractivity contribution in [2.45, 2.75) is 54.0 Å². The minimum absolute atomic E-state index is 0.547. The Morgan fingerprint density at radius 3 is 2.55 bits per heavy atom. The van der Waals surface area contributed by atoms with Gasteiger partial charge in [-0.25, -0.2) is 0 Å². The van der Waals surface area contributed by atoms with E-state index in [0.29, 0.717) is 5.92 Å². The molecule has 0 radical (unpaired) electrons. The molecular weight excluding hydrogens is 484 g/mol. The van der Waals surface area contributed by atoms with Gasteiger partial charge in [-0.2, -0.15) is 4.57 Å². The lowest BCUT2D eigenvalue weighted by molar-refractivity contribution is -0.667. The number of halogens is 1. The highest BCUT2D eigenvalue weighted by atomic mass is 35.5. The molecule has 0 saturated carbocycles. The lowest BCUT2D eigenvalue weighted by Gasteiger charge is -2.27. The molecule has 1 aromatic heterocycles. The minimum Gasteiger partial charge on any atom is -0.348 e. The van der Waals surface area contributed by atoms with Gasteiger partial charge >= 0.3 is 0 Å². The van der Waals surface area contributed by atoms with E-state index < -0.39 is 0 Å². The van der Waals surface area contributed by atoms with Crippen LogP contribution in [0.5, 0.6) is 0 Å². The van der Waals surface area contributed by atoms with Crippen molar-refractivity contribution >= 4 is 39.8 Å². The van der Waals surface area contributed by atoms with Crippen LogP contribution in [0.1, 0.15) is 55.9 Å². The van der Waals surface area contributed by atoms with Gasteiger partial charge in [0.1, 0.15) is 6.54 Å². The molecule has 1 atom stereocenters. The van der Waals surface area contributed by atoms with E-state index in [4.69, 9.17) is 11.6 Å². The Balaban J connectivity index is 1.50. The van der Waals surface area contributed by atoms with Crippen LogP contribution in [0.4, 0.5) is 5.69 Å². The van der Waals surface area contributed by atoms with E-state index in [2.05, 4.69) is 129 Å². The van der Waals surface area contributed by atoms with Crippen LogP contribution >= 0.6 is 11.6 Å². The number of benzene rings is 2. The Kier molecular flexibility index (Phi) is 7.72. The topological polar surface area (TPSA) is 7.12 Å². The number of aryl methyl sites for hydroxylation is 3. The third kappa shape index (κ3) is 5.28. The summed E-state index contributed by atoms with van der Waals surface area (Å²) in [5.74, 6) is 0.547. The smallest absolute Gasteiger partial charge is 0.213 e. The Hall–Kier alpha value is -3.36. The fourth-order valence-electron chi connectivity index (χ4n) is 5.66. The van der Waals surface area contributed by atoms with Gasteiger partial charge in [-0.3, -0.25) is 0 Å². The van der Waals surface area contributed by atoms with Crippen LogP contribution in [0.25, 0.3) is 22.6 Å². The third-order valence-corrected chi connectivity index (χ3v) is 8.21. The monoisotopic (exact) mass is 521 g/mol. The molecule has 2 heterocycles. The summed E-state index contributed by atoms with van der Waals surface area (Å²) in [5.41, 5.74) is 11.3. The van der Waals surface area contributed by atoms with Gasteiger partial charge in [0.25, 0.3) is 0 Å². The van der Waals surface area contributed by atoms with Crippen molar-refractivity contribution in [1.82, 2.24) is 0 Å². The van der Waals surface area contributed by atoms with Crippen molar-refractivity contribution in [3.63, 3.8) is 0 Å². The van der Waals surface area contributed by atoms with E-state index in [1.807, 2.05) is 0 Å². The van der Waals surface area contributed by atoms with Crippen LogP contribution in [0.2, 0.25) is 0 Å². The zero-order valence-corrected chi connectivity index (χ0v) is 24.0. The molecule has 5 rings (SSSR count). The summed E-state index contributed by atoms with van der Waals surface area (Å²) in [7, 11) is 0. The zero-order chi connectivity index (χ0) is 26.8. The Morgan fingerprint density at radius 1 is 0.974 bits per heavy atom. The summed E-state index contributed by atoms with van der Waals surface area (Å²) in [6, 6.07) is 15.6. The molecule has 3 aromatic rings. The lowest BCUT2D eigenvalue weighted by atomic mass is 9.85. The summed E-state index contributed by atoms with van der Waals surface area (Å²) in [5, 5.41) is 2.18. The first-order chi connectivity index (χ1) is 18.4. The zero-order valence-electron chi connectivity index (χ0n) is 23.3. The first-order valence-electron chi connectivity index (χ1n) is 13.8. The Bertz CT molecular complexity index is 1530. The first-order valence-corrected chi connectivity index (χ1v) is 14.2. The van der Waals surface area contributed by atoms with Crippen LogP contribution in [0, 0.1) is 19.8 Å². The second-order valence-electron chi connectivity index (χ2n) is 10.7. The van der Waals surface area contributed by atoms with E-state index >= 15 is 0 Å². The largest absolute Gasteiger partial charge is 0.348 e. The Morgan fingerprint density at radius 2 is 1.76 bits per heavy atom. The molecule has 1 aliphatic heterocycles. The van der Waals surface area contributed by atoms with Crippen LogP contribution in [-0.4, -0.2) is 6.54 Å². The number of rotatable bonds is 5. The number of hydrogen-bond donors (Lipinski definition) is 0. The van der Waals surface area contributed by atoms with Crippen molar-refractivity contribution in [2.75, 3.05) is 11.4 Å². The third-order valence-electron chi connectivity index (χ3n) is 7.72. The molecule has 0 amide bonds. The standard InChI is InChI=1S/C35H38ClN2/c1-6-37-18-16-27(31-22-24(3)8-14-33(31)37)10-12-29-20-26(5)21-30(35(29)36)13-11-28-17-19-38(7-2)34-15-9-25(4)23-32(28)34/h8-19,22-23,26H,6-7,20-21H2,1-5H3/q+1. The summed E-state index contributed by atoms with van der Waals surface area (Å²) in [6.07, 6.45) is 17.6. The first kappa shape index (κ1) is 26.3. The van der Waals surface area contributed by atoms with Gasteiger partial charge < -0.3 is 4.90 Å². The van der Waals surface area contributed by atoms with Gasteiger partial charge in [0, 0.05) is 41.2 Å². The fraction of sp³-hybridized carbons (Fsp3) is 0.286. The molecule has 2 nitrogen and oxygen atoms in total. The number of fused-ring (bicyclic) bond motifs is 2. The SMILES string of the molecule is CCN1C=C/C(=C\C=C2/CC(C)CC(/C=C/c3cc[n+](CC)c4ccc(C)cc34)=C2Cl)c2cc(C)ccc21. The number of aromatic nitrogens is 1. The highest BCUT2D eigenvalue weighted by Gasteiger charge is 2.20. The summed E-state index contributed by atoms with van der Waals surface area (Å²) >= 11 is 7.06. The molecule has 0 N–H and O–H groups in total. The van der Waals surface area contributed by atoms with Gasteiger partial charge in [0.05, 0.1) is 5.39 Å². The molecule has 194 valence electrons. The summed E-state index contributed by atoms with van der Waals surface area (Å²) in [4.78, 5) is 2.30. The van der Waals surface area contributed by atoms with Crippen LogP contribution in [-0.2, 0) is 6.54 Å². The van der Waals surface area contributed by atoms with Crippen molar-refractivity contribution in [3.8, 4) is 0 Å². The summed E-state index contributed by atoms with van der Waals surface area (Å²) < 4.78 is 2.30. The quantitative estimate of drug-likeness (QED) is 0.304. The summed E-state index contributed by atoms with van der Waals surface area (Å²) in [6.45, 7) is 12.9. The van der Waals surface area contributed by atoms with E-state index in [0.717, 1.165) is 31.0 Å².